The molecule has 0 radical (unpaired) electrons. The minimum absolute atomic E-state index is 0.221. The molecule has 4 nitrogen and oxygen atoms in total. The maximum atomic E-state index is 12.1. The number of carbonyl (C=O) groups excluding carboxylic acids is 2. The fourth-order valence-corrected chi connectivity index (χ4v) is 3.65. The Kier molecular flexibility index (Phi) is 3.12. The summed E-state index contributed by atoms with van der Waals surface area (Å²) in [6, 6.07) is 6.91. The van der Waals surface area contributed by atoms with Crippen molar-refractivity contribution in [1.82, 2.24) is 9.88 Å². The highest BCUT2D eigenvalue weighted by atomic mass is 32.2. The van der Waals surface area contributed by atoms with Gasteiger partial charge in [0.2, 0.25) is 0 Å². The number of imide groups is 1. The van der Waals surface area contributed by atoms with Crippen molar-refractivity contribution in [1.29, 1.82) is 0 Å². The SMILES string of the molecule is Cc1csc(SCN2C(=O)c3ccccc3C2=O)n1. The molecule has 1 aliphatic rings. The standard InChI is InChI=1S/C13H10N2O2S2/c1-8-6-18-13(14-8)19-7-15-11(16)9-4-2-3-5-10(9)12(15)17/h2-6H,7H2,1H3. The second kappa shape index (κ2) is 4.79. The van der Waals surface area contributed by atoms with E-state index in [0.29, 0.717) is 17.0 Å². The number of hydrogen-bond acceptors (Lipinski definition) is 5. The van der Waals surface area contributed by atoms with Crippen molar-refractivity contribution in [2.24, 2.45) is 0 Å². The Balaban J connectivity index is 1.77. The van der Waals surface area contributed by atoms with Gasteiger partial charge >= 0.3 is 0 Å². The molecule has 6 heteroatoms. The maximum Gasteiger partial charge on any atom is 0.262 e. The lowest BCUT2D eigenvalue weighted by atomic mass is 10.1. The minimum Gasteiger partial charge on any atom is -0.269 e. The smallest absolute Gasteiger partial charge is 0.262 e. The first-order chi connectivity index (χ1) is 9.16. The molecule has 0 bridgehead atoms. The summed E-state index contributed by atoms with van der Waals surface area (Å²) in [5, 5.41) is 1.95. The summed E-state index contributed by atoms with van der Waals surface area (Å²) in [6.07, 6.45) is 0. The monoisotopic (exact) mass is 290 g/mol. The summed E-state index contributed by atoms with van der Waals surface area (Å²) in [5.74, 6) is -0.137. The van der Waals surface area contributed by atoms with Crippen molar-refractivity contribution >= 4 is 34.9 Å². The molecular weight excluding hydrogens is 280 g/mol. The molecule has 0 unspecified atom stereocenters. The van der Waals surface area contributed by atoms with E-state index in [-0.39, 0.29) is 11.8 Å². The maximum absolute atomic E-state index is 12.1. The zero-order chi connectivity index (χ0) is 13.4. The van der Waals surface area contributed by atoms with Crippen LogP contribution in [0.15, 0.2) is 34.0 Å². The van der Waals surface area contributed by atoms with Gasteiger partial charge in [0.15, 0.2) is 4.34 Å². The van der Waals surface area contributed by atoms with Crippen molar-refractivity contribution in [2.45, 2.75) is 11.3 Å². The van der Waals surface area contributed by atoms with Crippen LogP contribution in [0, 0.1) is 6.92 Å². The Labute approximate surface area is 118 Å². The van der Waals surface area contributed by atoms with Crippen LogP contribution in [-0.4, -0.2) is 27.6 Å². The van der Waals surface area contributed by atoms with E-state index >= 15 is 0 Å². The molecule has 0 fully saturated rings. The number of amides is 2. The van der Waals surface area contributed by atoms with Crippen LogP contribution in [0.4, 0.5) is 0 Å². The molecular formula is C13H10N2O2S2. The van der Waals surface area contributed by atoms with E-state index in [1.807, 2.05) is 12.3 Å². The summed E-state index contributed by atoms with van der Waals surface area (Å²) >= 11 is 2.93. The molecule has 96 valence electrons. The molecule has 2 amide bonds. The summed E-state index contributed by atoms with van der Waals surface area (Å²) in [5.41, 5.74) is 1.93. The van der Waals surface area contributed by atoms with Gasteiger partial charge in [0.05, 0.1) is 17.0 Å². The summed E-state index contributed by atoms with van der Waals surface area (Å²) in [6.45, 7) is 1.92. The zero-order valence-corrected chi connectivity index (χ0v) is 11.8. The average Bonchev–Trinajstić information content (AvgIpc) is 2.93. The van der Waals surface area contributed by atoms with Gasteiger partial charge in [-0.3, -0.25) is 14.5 Å². The Morgan fingerprint density at radius 2 is 1.84 bits per heavy atom. The van der Waals surface area contributed by atoms with Gasteiger partial charge in [0, 0.05) is 11.1 Å². The van der Waals surface area contributed by atoms with Gasteiger partial charge in [-0.25, -0.2) is 4.98 Å². The molecule has 0 atom stereocenters. The normalized spacial score (nSPS) is 14.1. The third-order valence-electron chi connectivity index (χ3n) is 2.79. The molecule has 1 aliphatic heterocycles. The van der Waals surface area contributed by atoms with Gasteiger partial charge in [-0.15, -0.1) is 11.3 Å². The van der Waals surface area contributed by atoms with Crippen LogP contribution < -0.4 is 0 Å². The third-order valence-corrected chi connectivity index (χ3v) is 4.91. The van der Waals surface area contributed by atoms with Gasteiger partial charge in [0.25, 0.3) is 11.8 Å². The number of thioether (sulfide) groups is 1. The lowest BCUT2D eigenvalue weighted by Gasteiger charge is -2.11. The predicted octanol–water partition coefficient (Wildman–Crippen LogP) is 2.80. The second-order valence-corrected chi connectivity index (χ2v) is 6.16. The van der Waals surface area contributed by atoms with E-state index in [1.54, 1.807) is 24.3 Å². The highest BCUT2D eigenvalue weighted by molar-refractivity contribution is 8.00. The number of benzene rings is 1. The van der Waals surface area contributed by atoms with Crippen LogP contribution in [0.1, 0.15) is 26.4 Å². The van der Waals surface area contributed by atoms with Crippen LogP contribution >= 0.6 is 23.1 Å². The fraction of sp³-hybridized carbons (Fsp3) is 0.154. The largest absolute Gasteiger partial charge is 0.269 e. The lowest BCUT2D eigenvalue weighted by molar-refractivity contribution is 0.0684. The molecule has 0 N–H and O–H groups in total. The van der Waals surface area contributed by atoms with E-state index in [9.17, 15) is 9.59 Å². The van der Waals surface area contributed by atoms with Gasteiger partial charge in [0.1, 0.15) is 0 Å². The lowest BCUT2D eigenvalue weighted by Crippen LogP contribution is -2.29. The van der Waals surface area contributed by atoms with E-state index < -0.39 is 0 Å². The number of aromatic nitrogens is 1. The highest BCUT2D eigenvalue weighted by Crippen LogP contribution is 2.28. The number of aryl methyl sites for hydroxylation is 1. The number of nitrogens with zero attached hydrogens (tertiary/aromatic N) is 2. The number of fused-ring (bicyclic) bond motifs is 1. The Hall–Kier alpha value is -1.66. The molecule has 0 aliphatic carbocycles. The van der Waals surface area contributed by atoms with Crippen LogP contribution in [0.3, 0.4) is 0 Å². The number of thiazole rings is 1. The van der Waals surface area contributed by atoms with Gasteiger partial charge in [-0.1, -0.05) is 23.9 Å². The Morgan fingerprint density at radius 3 is 2.37 bits per heavy atom. The van der Waals surface area contributed by atoms with Gasteiger partial charge in [-0.2, -0.15) is 0 Å². The van der Waals surface area contributed by atoms with Crippen molar-refractivity contribution in [3.8, 4) is 0 Å². The highest BCUT2D eigenvalue weighted by Gasteiger charge is 2.34. The molecule has 2 aromatic rings. The summed E-state index contributed by atoms with van der Waals surface area (Å²) in [7, 11) is 0. The van der Waals surface area contributed by atoms with Crippen molar-refractivity contribution in [3.63, 3.8) is 0 Å². The molecule has 1 aromatic heterocycles. The topological polar surface area (TPSA) is 50.3 Å². The fourth-order valence-electron chi connectivity index (χ4n) is 1.87. The Morgan fingerprint density at radius 1 is 1.21 bits per heavy atom. The first kappa shape index (κ1) is 12.4. The quantitative estimate of drug-likeness (QED) is 0.644. The third kappa shape index (κ3) is 2.17. The Bertz CT molecular complexity index is 631. The van der Waals surface area contributed by atoms with Gasteiger partial charge < -0.3 is 0 Å². The molecule has 1 aromatic carbocycles. The van der Waals surface area contributed by atoms with E-state index in [4.69, 9.17) is 0 Å². The van der Waals surface area contributed by atoms with Crippen LogP contribution in [-0.2, 0) is 0 Å². The second-order valence-electron chi connectivity index (χ2n) is 4.11. The number of hydrogen-bond donors (Lipinski definition) is 0. The predicted molar refractivity (Wildman–Crippen MR) is 74.5 cm³/mol. The van der Waals surface area contributed by atoms with Crippen molar-refractivity contribution < 1.29 is 9.59 Å². The first-order valence-electron chi connectivity index (χ1n) is 5.67. The van der Waals surface area contributed by atoms with Crippen LogP contribution in [0.5, 0.6) is 0 Å². The molecule has 0 spiro atoms. The van der Waals surface area contributed by atoms with E-state index in [2.05, 4.69) is 4.98 Å². The summed E-state index contributed by atoms with van der Waals surface area (Å²) < 4.78 is 0.869. The van der Waals surface area contributed by atoms with Crippen molar-refractivity contribution in [2.75, 3.05) is 5.88 Å². The molecule has 2 heterocycles. The molecule has 0 saturated carbocycles. The van der Waals surface area contributed by atoms with Crippen molar-refractivity contribution in [3.05, 3.63) is 46.5 Å². The van der Waals surface area contributed by atoms with E-state index in [0.717, 1.165) is 10.0 Å². The molecule has 3 rings (SSSR count). The summed E-state index contributed by atoms with van der Waals surface area (Å²) in [4.78, 5) is 29.8. The first-order valence-corrected chi connectivity index (χ1v) is 7.53. The average molecular weight is 290 g/mol. The molecule has 0 saturated heterocycles. The number of carbonyl (C=O) groups is 2. The number of rotatable bonds is 3. The van der Waals surface area contributed by atoms with E-state index in [1.165, 1.54) is 28.0 Å². The minimum atomic E-state index is -0.221. The van der Waals surface area contributed by atoms with Gasteiger partial charge in [-0.05, 0) is 19.1 Å². The zero-order valence-electron chi connectivity index (χ0n) is 10.1. The van der Waals surface area contributed by atoms with Crippen LogP contribution in [0.25, 0.3) is 0 Å². The molecule has 19 heavy (non-hydrogen) atoms. The van der Waals surface area contributed by atoms with Crippen LogP contribution in [0.2, 0.25) is 0 Å².